The summed E-state index contributed by atoms with van der Waals surface area (Å²) in [6.45, 7) is 10.00. The van der Waals surface area contributed by atoms with Gasteiger partial charge in [0.1, 0.15) is 5.75 Å². The maximum absolute atomic E-state index is 9.45. The topological polar surface area (TPSA) is 41.5 Å². The molecule has 19 heavy (non-hydrogen) atoms. The minimum Gasteiger partial charge on any atom is -0.491 e. The number of aliphatic hydroxyl groups is 1. The highest BCUT2D eigenvalue weighted by Gasteiger charge is 2.21. The fraction of sp³-hybridized carbons (Fsp3) is 0.625. The first-order valence-electron chi connectivity index (χ1n) is 7.13. The zero-order valence-corrected chi connectivity index (χ0v) is 12.6. The van der Waals surface area contributed by atoms with Gasteiger partial charge in [-0.15, -0.1) is 0 Å². The third-order valence-corrected chi connectivity index (χ3v) is 3.54. The molecule has 0 aromatic heterocycles. The normalized spacial score (nSPS) is 13.9. The van der Waals surface area contributed by atoms with E-state index in [1.807, 2.05) is 6.07 Å². The lowest BCUT2D eigenvalue weighted by Gasteiger charge is -2.27. The molecule has 1 rings (SSSR count). The Hall–Kier alpha value is -1.22. The molecule has 0 saturated heterocycles. The second-order valence-corrected chi connectivity index (χ2v) is 5.52. The van der Waals surface area contributed by atoms with E-state index in [0.717, 1.165) is 37.4 Å². The van der Waals surface area contributed by atoms with Crippen molar-refractivity contribution < 1.29 is 9.84 Å². The minimum absolute atomic E-state index is 0.0904. The number of aryl methyl sites for hydroxylation is 1. The lowest BCUT2D eigenvalue weighted by molar-refractivity contribution is 0.149. The van der Waals surface area contributed by atoms with Crippen molar-refractivity contribution in [1.29, 1.82) is 0 Å². The van der Waals surface area contributed by atoms with Crippen molar-refractivity contribution in [2.45, 2.75) is 40.5 Å². The third kappa shape index (κ3) is 4.75. The molecule has 108 valence electrons. The molecule has 0 spiro atoms. The van der Waals surface area contributed by atoms with Crippen molar-refractivity contribution >= 4 is 5.69 Å². The maximum atomic E-state index is 9.45. The summed E-state index contributed by atoms with van der Waals surface area (Å²) >= 11 is 0. The number of aliphatic hydroxyl groups excluding tert-OH is 1. The third-order valence-electron chi connectivity index (χ3n) is 3.54. The van der Waals surface area contributed by atoms with Crippen LogP contribution in [0.5, 0.6) is 5.75 Å². The van der Waals surface area contributed by atoms with Gasteiger partial charge in [0.15, 0.2) is 0 Å². The summed E-state index contributed by atoms with van der Waals surface area (Å²) in [4.78, 5) is 0. The molecular formula is C16H27NO2. The van der Waals surface area contributed by atoms with Crippen molar-refractivity contribution in [2.75, 3.05) is 25.1 Å². The highest BCUT2D eigenvalue weighted by molar-refractivity contribution is 5.57. The van der Waals surface area contributed by atoms with Gasteiger partial charge in [-0.1, -0.05) is 26.8 Å². The predicted molar refractivity (Wildman–Crippen MR) is 80.9 cm³/mol. The minimum atomic E-state index is -0.0904. The van der Waals surface area contributed by atoms with Crippen LogP contribution in [-0.2, 0) is 0 Å². The van der Waals surface area contributed by atoms with Crippen molar-refractivity contribution in [3.05, 3.63) is 23.8 Å². The number of hydrogen-bond acceptors (Lipinski definition) is 3. The van der Waals surface area contributed by atoms with Crippen LogP contribution < -0.4 is 10.1 Å². The van der Waals surface area contributed by atoms with E-state index in [2.05, 4.69) is 45.1 Å². The molecule has 3 heteroatoms. The van der Waals surface area contributed by atoms with Gasteiger partial charge in [-0.05, 0) is 37.5 Å². The van der Waals surface area contributed by atoms with Crippen molar-refractivity contribution in [3.63, 3.8) is 0 Å². The Labute approximate surface area is 117 Å². The molecule has 0 fully saturated rings. The Kier molecular flexibility index (Phi) is 6.16. The molecular weight excluding hydrogens is 238 g/mol. The lowest BCUT2D eigenvalue weighted by atomic mass is 9.88. The fourth-order valence-corrected chi connectivity index (χ4v) is 1.71. The average molecular weight is 265 g/mol. The standard InChI is InChI=1S/C16H27NO2/c1-5-9-19-15-10-13(3)7-8-14(15)17-11-16(4,6-2)12-18/h7-8,10,17-18H,5-6,9,11-12H2,1-4H3. The van der Waals surface area contributed by atoms with E-state index in [-0.39, 0.29) is 12.0 Å². The molecule has 0 radical (unpaired) electrons. The van der Waals surface area contributed by atoms with E-state index in [1.54, 1.807) is 0 Å². The molecule has 0 aliphatic carbocycles. The van der Waals surface area contributed by atoms with Crippen molar-refractivity contribution in [1.82, 2.24) is 0 Å². The number of benzene rings is 1. The predicted octanol–water partition coefficient (Wildman–Crippen LogP) is 3.60. The highest BCUT2D eigenvalue weighted by Crippen LogP contribution is 2.28. The molecule has 0 heterocycles. The van der Waals surface area contributed by atoms with Crippen LogP contribution in [-0.4, -0.2) is 24.9 Å². The van der Waals surface area contributed by atoms with Gasteiger partial charge in [0.2, 0.25) is 0 Å². The monoisotopic (exact) mass is 265 g/mol. The van der Waals surface area contributed by atoms with E-state index in [9.17, 15) is 5.11 Å². The van der Waals surface area contributed by atoms with Crippen LogP contribution in [0.2, 0.25) is 0 Å². The molecule has 1 aromatic rings. The van der Waals surface area contributed by atoms with Crippen LogP contribution in [0.25, 0.3) is 0 Å². The average Bonchev–Trinajstić information content (AvgIpc) is 2.43. The largest absolute Gasteiger partial charge is 0.491 e. The zero-order valence-electron chi connectivity index (χ0n) is 12.6. The Bertz CT molecular complexity index is 386. The summed E-state index contributed by atoms with van der Waals surface area (Å²) in [7, 11) is 0. The Morgan fingerprint density at radius 2 is 2.05 bits per heavy atom. The Morgan fingerprint density at radius 3 is 2.63 bits per heavy atom. The first-order chi connectivity index (χ1) is 9.04. The Balaban J connectivity index is 2.76. The summed E-state index contributed by atoms with van der Waals surface area (Å²) in [5.74, 6) is 0.901. The quantitative estimate of drug-likeness (QED) is 0.754. The smallest absolute Gasteiger partial charge is 0.142 e. The lowest BCUT2D eigenvalue weighted by Crippen LogP contribution is -2.29. The Morgan fingerprint density at radius 1 is 1.32 bits per heavy atom. The number of anilines is 1. The van der Waals surface area contributed by atoms with Crippen molar-refractivity contribution in [3.8, 4) is 5.75 Å². The number of ether oxygens (including phenoxy) is 1. The summed E-state index contributed by atoms with van der Waals surface area (Å²) in [5.41, 5.74) is 2.11. The zero-order chi connectivity index (χ0) is 14.3. The van der Waals surface area contributed by atoms with Gasteiger partial charge in [-0.3, -0.25) is 0 Å². The van der Waals surface area contributed by atoms with E-state index in [0.29, 0.717) is 0 Å². The van der Waals surface area contributed by atoms with E-state index in [4.69, 9.17) is 4.74 Å². The van der Waals surface area contributed by atoms with Crippen LogP contribution in [0, 0.1) is 12.3 Å². The number of hydrogen-bond donors (Lipinski definition) is 2. The second-order valence-electron chi connectivity index (χ2n) is 5.52. The van der Waals surface area contributed by atoms with Crippen LogP contribution in [0.3, 0.4) is 0 Å². The first-order valence-corrected chi connectivity index (χ1v) is 7.13. The maximum Gasteiger partial charge on any atom is 0.142 e. The molecule has 3 nitrogen and oxygen atoms in total. The van der Waals surface area contributed by atoms with Gasteiger partial charge in [0.05, 0.1) is 18.9 Å². The van der Waals surface area contributed by atoms with Gasteiger partial charge in [-0.2, -0.15) is 0 Å². The summed E-state index contributed by atoms with van der Waals surface area (Å²) in [6.07, 6.45) is 1.93. The summed E-state index contributed by atoms with van der Waals surface area (Å²) < 4.78 is 5.77. The molecule has 0 bridgehead atoms. The van der Waals surface area contributed by atoms with E-state index in [1.165, 1.54) is 5.56 Å². The van der Waals surface area contributed by atoms with Gasteiger partial charge in [0, 0.05) is 12.0 Å². The second kappa shape index (κ2) is 7.39. The summed E-state index contributed by atoms with van der Waals surface area (Å²) in [6, 6.07) is 6.18. The number of nitrogens with one attached hydrogen (secondary N) is 1. The first kappa shape index (κ1) is 15.8. The molecule has 1 aromatic carbocycles. The molecule has 0 amide bonds. The van der Waals surface area contributed by atoms with E-state index >= 15 is 0 Å². The van der Waals surface area contributed by atoms with Gasteiger partial charge < -0.3 is 15.2 Å². The molecule has 1 atom stereocenters. The molecule has 0 saturated carbocycles. The molecule has 1 unspecified atom stereocenters. The summed E-state index contributed by atoms with van der Waals surface area (Å²) in [5, 5.41) is 12.9. The van der Waals surface area contributed by atoms with Crippen molar-refractivity contribution in [2.24, 2.45) is 5.41 Å². The number of rotatable bonds is 8. The van der Waals surface area contributed by atoms with Gasteiger partial charge in [0.25, 0.3) is 0 Å². The molecule has 0 aliphatic rings. The van der Waals surface area contributed by atoms with Crippen LogP contribution in [0.15, 0.2) is 18.2 Å². The van der Waals surface area contributed by atoms with Crippen LogP contribution in [0.4, 0.5) is 5.69 Å². The van der Waals surface area contributed by atoms with Crippen LogP contribution >= 0.6 is 0 Å². The van der Waals surface area contributed by atoms with Gasteiger partial charge >= 0.3 is 0 Å². The SMILES string of the molecule is CCCOc1cc(C)ccc1NCC(C)(CC)CO. The highest BCUT2D eigenvalue weighted by atomic mass is 16.5. The molecule has 0 aliphatic heterocycles. The fourth-order valence-electron chi connectivity index (χ4n) is 1.71. The van der Waals surface area contributed by atoms with Gasteiger partial charge in [-0.25, -0.2) is 0 Å². The van der Waals surface area contributed by atoms with E-state index < -0.39 is 0 Å². The van der Waals surface area contributed by atoms with Crippen LogP contribution in [0.1, 0.15) is 39.2 Å². The molecule has 2 N–H and O–H groups in total.